The summed E-state index contributed by atoms with van der Waals surface area (Å²) in [5.74, 6) is 0.860. The average molecular weight is 1240 g/mol. The molecule has 1 aliphatic rings. The minimum atomic E-state index is -2.75. The van der Waals surface area contributed by atoms with E-state index in [1.165, 1.54) is 6.33 Å². The van der Waals surface area contributed by atoms with Crippen molar-refractivity contribution in [2.45, 2.75) is 199 Å². The fourth-order valence-electron chi connectivity index (χ4n) is 9.56. The number of rotatable bonds is 28. The highest BCUT2D eigenvalue weighted by atomic mass is 31.2. The maximum absolute atomic E-state index is 14.3. The van der Waals surface area contributed by atoms with Crippen molar-refractivity contribution in [3.05, 3.63) is 108 Å². The molecule has 3 unspecified atom stereocenters. The van der Waals surface area contributed by atoms with Crippen LogP contribution in [0.2, 0.25) is 61.9 Å². The maximum Gasteiger partial charge on any atom is 0.331 e. The number of hydrogen-bond donors (Lipinski definition) is 2. The molecule has 2 aromatic heterocycles. The first kappa shape index (κ1) is 68.9. The Kier molecular flexibility index (Phi) is 23.3. The lowest BCUT2D eigenvalue weighted by molar-refractivity contribution is -0.147. The molecule has 466 valence electrons. The monoisotopic (exact) mass is 1240 g/mol. The van der Waals surface area contributed by atoms with Gasteiger partial charge in [0.15, 0.2) is 45.9 Å². The number of urea groups is 1. The lowest BCUT2D eigenvalue weighted by Gasteiger charge is -2.42. The highest BCUT2D eigenvalue weighted by Gasteiger charge is 2.55. The van der Waals surface area contributed by atoms with Gasteiger partial charge in [-0.25, -0.2) is 29.2 Å². The molecule has 0 spiro atoms. The molecule has 0 saturated carbocycles. The van der Waals surface area contributed by atoms with Gasteiger partial charge in [-0.15, -0.1) is 0 Å². The van der Waals surface area contributed by atoms with E-state index in [1.54, 1.807) is 32.0 Å². The molecule has 1 saturated heterocycles. The number of amides is 2. The second-order valence-corrected chi connectivity index (χ2v) is 43.1. The van der Waals surface area contributed by atoms with Crippen LogP contribution in [0.3, 0.4) is 0 Å². The van der Waals surface area contributed by atoms with Gasteiger partial charge in [-0.05, 0) is 118 Å². The summed E-state index contributed by atoms with van der Waals surface area (Å²) in [5, 5.41) is 15.1. The number of aromatic nitrogens is 4. The van der Waals surface area contributed by atoms with Gasteiger partial charge in [0.1, 0.15) is 41.7 Å². The van der Waals surface area contributed by atoms with Crippen molar-refractivity contribution in [3.8, 4) is 17.6 Å². The molecule has 6 rings (SSSR count). The molecule has 1 aliphatic heterocycles. The molecule has 7 atom stereocenters. The number of imidazole rings is 1. The van der Waals surface area contributed by atoms with Crippen LogP contribution in [0.25, 0.3) is 11.2 Å². The molecule has 1 fully saturated rings. The zero-order chi connectivity index (χ0) is 62.9. The molecule has 2 amide bonds. The number of nitriles is 1. The number of esters is 1. The van der Waals surface area contributed by atoms with Gasteiger partial charge in [0.05, 0.1) is 59.0 Å². The Morgan fingerprint density at radius 3 is 1.85 bits per heavy atom. The predicted molar refractivity (Wildman–Crippen MR) is 342 cm³/mol. The van der Waals surface area contributed by atoms with E-state index in [-0.39, 0.29) is 59.7 Å². The van der Waals surface area contributed by atoms with Crippen LogP contribution in [-0.4, -0.2) is 137 Å². The first-order valence-electron chi connectivity index (χ1n) is 29.5. The fourth-order valence-corrected chi connectivity index (χ4v) is 14.7. The third-order valence-corrected chi connectivity index (χ3v) is 29.2. The fraction of sp³-hybridized carbons (Fsp3) is 0.581. The van der Waals surface area contributed by atoms with Crippen LogP contribution in [0.4, 0.5) is 10.6 Å². The van der Waals surface area contributed by atoms with Crippen molar-refractivity contribution in [1.29, 1.82) is 5.26 Å². The second-order valence-electron chi connectivity index (χ2n) is 26.5. The Bertz CT molecular complexity index is 2950. The Morgan fingerprint density at radius 2 is 1.33 bits per heavy atom. The number of hydrogen-bond acceptors (Lipinski definition) is 16. The Hall–Kier alpha value is -5.16. The van der Waals surface area contributed by atoms with E-state index in [2.05, 4.69) is 141 Å². The van der Waals surface area contributed by atoms with E-state index in [0.29, 0.717) is 17.1 Å². The number of ether oxygens (including phenoxy) is 5. The molecule has 3 heterocycles. The summed E-state index contributed by atoms with van der Waals surface area (Å²) in [6.07, 6.45) is -1.19. The number of nitrogens with zero attached hydrogens (tertiary/aromatic N) is 6. The van der Waals surface area contributed by atoms with Gasteiger partial charge in [0.25, 0.3) is 8.53 Å². The van der Waals surface area contributed by atoms with Crippen LogP contribution in [-0.2, 0) is 42.5 Å². The van der Waals surface area contributed by atoms with Crippen molar-refractivity contribution < 1.29 is 51.2 Å². The molecule has 0 aliphatic carbocycles. The third kappa shape index (κ3) is 16.9. The highest BCUT2D eigenvalue weighted by molar-refractivity contribution is 7.44. The molecular formula is C62H95N8O11PSi3. The minimum absolute atomic E-state index is 0.0297. The van der Waals surface area contributed by atoms with Gasteiger partial charge in [0, 0.05) is 20.2 Å². The van der Waals surface area contributed by atoms with Gasteiger partial charge in [-0.3, -0.25) is 9.88 Å². The maximum atomic E-state index is 14.3. The lowest BCUT2D eigenvalue weighted by Crippen LogP contribution is -2.55. The predicted octanol–water partition coefficient (Wildman–Crippen LogP) is 13.6. The number of nitrogens with one attached hydrogen (secondary N) is 2. The van der Waals surface area contributed by atoms with E-state index < -0.39 is 87.5 Å². The normalized spacial score (nSPS) is 18.3. The second kappa shape index (κ2) is 28.8. The molecule has 85 heavy (non-hydrogen) atoms. The van der Waals surface area contributed by atoms with Crippen molar-refractivity contribution in [2.24, 2.45) is 0 Å². The quantitative estimate of drug-likeness (QED) is 0.0157. The van der Waals surface area contributed by atoms with Crippen LogP contribution < -0.4 is 20.1 Å². The minimum Gasteiger partial charge on any atom is -0.497 e. The molecule has 23 heteroatoms. The number of fused-ring (bicyclic) bond motifs is 1. The smallest absolute Gasteiger partial charge is 0.331 e. The zero-order valence-corrected chi connectivity index (χ0v) is 57.8. The largest absolute Gasteiger partial charge is 0.497 e. The summed E-state index contributed by atoms with van der Waals surface area (Å²) in [6, 6.07) is 26.8. The molecule has 3 aromatic carbocycles. The summed E-state index contributed by atoms with van der Waals surface area (Å²) in [7, 11) is -5.35. The van der Waals surface area contributed by atoms with Crippen LogP contribution in [0.15, 0.2) is 91.5 Å². The molecule has 19 nitrogen and oxygen atoms in total. The summed E-state index contributed by atoms with van der Waals surface area (Å²) in [5.41, 5.74) is 1.82. The lowest BCUT2D eigenvalue weighted by atomic mass is 9.80. The van der Waals surface area contributed by atoms with E-state index in [1.807, 2.05) is 78.9 Å². The summed E-state index contributed by atoms with van der Waals surface area (Å²) >= 11 is 0. The number of carbonyl (C=O) groups excluding carboxylic acids is 2. The summed E-state index contributed by atoms with van der Waals surface area (Å²) < 4.78 is 64.7. The average Bonchev–Trinajstić information content (AvgIpc) is 1.89. The molecule has 0 bridgehead atoms. The van der Waals surface area contributed by atoms with Gasteiger partial charge >= 0.3 is 12.0 Å². The Labute approximate surface area is 509 Å². The van der Waals surface area contributed by atoms with E-state index in [9.17, 15) is 14.9 Å². The third-order valence-electron chi connectivity index (χ3n) is 16.3. The van der Waals surface area contributed by atoms with Crippen LogP contribution in [0, 0.1) is 11.3 Å². The van der Waals surface area contributed by atoms with E-state index in [4.69, 9.17) is 51.6 Å². The summed E-state index contributed by atoms with van der Waals surface area (Å²) in [4.78, 5) is 42.5. The first-order valence-corrected chi connectivity index (χ1v) is 40.1. The first-order chi connectivity index (χ1) is 39.8. The van der Waals surface area contributed by atoms with Gasteiger partial charge in [0.2, 0.25) is 0 Å². The SMILES string of the molecule is COc1ccc(C(OC[C@H]2O[C@@H](n3cnc4c(NC(=O)NC(C(=O)OCC[Si](C)(C)C)C(C)O[Si](C)(C)C(C)(C)C)ncnc43)[C@H](O[Si](C)(C)C(C)(C)C)[C@@H]2OP(OCCC#N)N(C(C)C)C(C)C)(c2ccccc2)c2ccc(OC)cc2)cc1. The number of benzene rings is 3. The van der Waals surface area contributed by atoms with E-state index >= 15 is 0 Å². The van der Waals surface area contributed by atoms with Crippen LogP contribution in [0.1, 0.15) is 106 Å². The van der Waals surface area contributed by atoms with Crippen molar-refractivity contribution in [3.63, 3.8) is 0 Å². The Morgan fingerprint density at radius 1 is 0.765 bits per heavy atom. The topological polar surface area (TPSA) is 212 Å². The molecule has 2 N–H and O–H groups in total. The van der Waals surface area contributed by atoms with Gasteiger partial charge in [-0.2, -0.15) is 5.26 Å². The standard InChI is InChI=1S/C62H95N8O11PSi3/c1-42(2)70(43(3)4)82(77-36-24-35-63)79-53-50(39-76-62(45-25-22-21-23-26-45,46-27-31-48(73-12)32-28-46)47-29-33-49(74-13)34-30-47)78-57(54(53)81-85(19,20)61(9,10)11)69-41-66-52-55(64-40-65-56(52)69)68-59(72)67-51(58(71)75-37-38-83(14,15)16)44(5)80-84(17,18)60(6,7)8/h21-23,25-34,40-44,50-51,53-54,57H,24,36-39H2,1-20H3,(H2,64,65,67,68,72)/t44?,50-,51?,53-,54-,57-,82?/m1/s1. The zero-order valence-electron chi connectivity index (χ0n) is 53.9. The van der Waals surface area contributed by atoms with E-state index in [0.717, 1.165) is 22.7 Å². The van der Waals surface area contributed by atoms with Gasteiger partial charge in [-0.1, -0.05) is 116 Å². The van der Waals surface area contributed by atoms with Crippen LogP contribution in [0.5, 0.6) is 11.5 Å². The number of carbonyl (C=O) groups is 2. The van der Waals surface area contributed by atoms with Gasteiger partial charge < -0.3 is 46.9 Å². The number of anilines is 1. The van der Waals surface area contributed by atoms with Crippen molar-refractivity contribution in [1.82, 2.24) is 29.5 Å². The molecule has 0 radical (unpaired) electrons. The van der Waals surface area contributed by atoms with Crippen LogP contribution >= 0.6 is 8.53 Å². The summed E-state index contributed by atoms with van der Waals surface area (Å²) in [6.45, 7) is 38.6. The van der Waals surface area contributed by atoms with Crippen molar-refractivity contribution in [2.75, 3.05) is 39.4 Å². The Balaban J connectivity index is 1.50. The number of methoxy groups -OCH3 is 2. The molecule has 5 aromatic rings. The molecular weight excluding hydrogens is 1150 g/mol. The van der Waals surface area contributed by atoms with Crippen molar-refractivity contribution >= 4 is 62.2 Å². The highest BCUT2D eigenvalue weighted by Crippen LogP contribution is 2.53.